The molecule has 1 aromatic carbocycles. The third-order valence-electron chi connectivity index (χ3n) is 12.9. The summed E-state index contributed by atoms with van der Waals surface area (Å²) in [5.74, 6) is 4.03. The van der Waals surface area contributed by atoms with E-state index in [0.29, 0.717) is 41.9 Å². The van der Waals surface area contributed by atoms with E-state index in [1.165, 1.54) is 56.9 Å². The van der Waals surface area contributed by atoms with Crippen LogP contribution in [0.15, 0.2) is 24.3 Å². The molecule has 0 radical (unpaired) electrons. The number of unbranched alkanes of at least 4 members (excludes halogenated alkanes) is 4. The van der Waals surface area contributed by atoms with Crippen LogP contribution in [0.3, 0.4) is 0 Å². The van der Waals surface area contributed by atoms with E-state index >= 15 is 0 Å². The third-order valence-corrected chi connectivity index (χ3v) is 12.9. The second kappa shape index (κ2) is 12.7. The number of nitrogens with one attached hydrogen (secondary N) is 1. The summed E-state index contributed by atoms with van der Waals surface area (Å²) >= 11 is 0. The molecule has 0 aromatic heterocycles. The van der Waals surface area contributed by atoms with E-state index in [1.54, 1.807) is 0 Å². The number of fused-ring (bicyclic) bond motifs is 5. The van der Waals surface area contributed by atoms with Gasteiger partial charge in [0.1, 0.15) is 5.78 Å². The van der Waals surface area contributed by atoms with E-state index in [-0.39, 0.29) is 22.8 Å². The monoisotopic (exact) mass is 577 g/mol. The van der Waals surface area contributed by atoms with E-state index < -0.39 is 0 Å². The zero-order chi connectivity index (χ0) is 30.1. The normalized spacial score (nSPS) is 36.2. The fourth-order valence-corrected chi connectivity index (χ4v) is 10.1. The maximum Gasteiger partial charge on any atom is 0.220 e. The van der Waals surface area contributed by atoms with Crippen molar-refractivity contribution in [3.8, 4) is 0 Å². The zero-order valence-electron chi connectivity index (χ0n) is 27.4. The lowest BCUT2D eigenvalue weighted by Crippen LogP contribution is -2.57. The van der Waals surface area contributed by atoms with E-state index in [4.69, 9.17) is 0 Å². The van der Waals surface area contributed by atoms with E-state index in [2.05, 4.69) is 64.2 Å². The summed E-state index contributed by atoms with van der Waals surface area (Å²) in [6.45, 7) is 12.2. The highest BCUT2D eigenvalue weighted by Gasteiger charge is 2.62. The number of aliphatic hydroxyl groups is 1. The number of ketones is 1. The van der Waals surface area contributed by atoms with Gasteiger partial charge in [-0.25, -0.2) is 0 Å². The molecule has 42 heavy (non-hydrogen) atoms. The van der Waals surface area contributed by atoms with Crippen molar-refractivity contribution in [1.82, 2.24) is 5.32 Å². The van der Waals surface area contributed by atoms with Gasteiger partial charge >= 0.3 is 0 Å². The molecule has 0 aliphatic heterocycles. The van der Waals surface area contributed by atoms with E-state index in [0.717, 1.165) is 55.9 Å². The Morgan fingerprint density at radius 3 is 2.36 bits per heavy atom. The summed E-state index contributed by atoms with van der Waals surface area (Å²) in [5.41, 5.74) is 3.04. The molecule has 4 aliphatic carbocycles. The van der Waals surface area contributed by atoms with Gasteiger partial charge in [0.2, 0.25) is 5.91 Å². The first-order chi connectivity index (χ1) is 19.9. The minimum atomic E-state index is -0.131. The Hall–Kier alpha value is -1.68. The summed E-state index contributed by atoms with van der Waals surface area (Å²) in [7, 11) is 0. The minimum absolute atomic E-state index is 0.101. The Morgan fingerprint density at radius 2 is 1.62 bits per heavy atom. The third kappa shape index (κ3) is 6.54. The lowest BCUT2D eigenvalue weighted by atomic mass is 9.42. The van der Waals surface area contributed by atoms with Gasteiger partial charge in [0.25, 0.3) is 0 Å². The summed E-state index contributed by atoms with van der Waals surface area (Å²) in [6.07, 6.45) is 16.0. The largest absolute Gasteiger partial charge is 0.393 e. The topological polar surface area (TPSA) is 66.4 Å². The van der Waals surface area contributed by atoms with Gasteiger partial charge in [0.15, 0.2) is 0 Å². The van der Waals surface area contributed by atoms with Crippen molar-refractivity contribution in [1.29, 1.82) is 0 Å². The number of hydrogen-bond donors (Lipinski definition) is 2. The number of rotatable bonds is 10. The summed E-state index contributed by atoms with van der Waals surface area (Å²) in [5, 5.41) is 14.1. The highest BCUT2D eigenvalue weighted by Crippen LogP contribution is 2.67. The first kappa shape index (κ1) is 31.7. The number of carbonyl (C=O) groups is 2. The highest BCUT2D eigenvalue weighted by atomic mass is 16.3. The minimum Gasteiger partial charge on any atom is -0.393 e. The van der Waals surface area contributed by atoms with Crippen molar-refractivity contribution in [2.45, 2.75) is 149 Å². The number of Topliss-reactive ketones (excluding diaryl/α,β-unsaturated/α-hetero) is 1. The molecule has 0 spiro atoms. The molecule has 0 heterocycles. The molecular formula is C38H59NO3. The van der Waals surface area contributed by atoms with Crippen LogP contribution in [0, 0.1) is 40.4 Å². The molecule has 4 fully saturated rings. The van der Waals surface area contributed by atoms with Crippen molar-refractivity contribution in [2.24, 2.45) is 40.4 Å². The standard InChI is InChI=1S/C38H59NO3/c1-36(2,3)28-15-13-26(14-16-28)25-39-34(42)12-10-8-6-7-9-11-27-23-29-24-30(40)19-21-37(29,4)32-20-22-38(5)31(35(27)32)17-18-33(38)41/h13-16,27,29,31-33,35,41H,6-12,17-25H2,1-5H3,(H,39,42)/t27?,29?,31-,32+,33?,35-,37-,38-/m0/s1. The second-order valence-corrected chi connectivity index (χ2v) is 16.4. The predicted molar refractivity (Wildman–Crippen MR) is 171 cm³/mol. The first-order valence-electron chi connectivity index (χ1n) is 17.5. The molecule has 8 atom stereocenters. The molecule has 1 aromatic rings. The van der Waals surface area contributed by atoms with Crippen molar-refractivity contribution < 1.29 is 14.7 Å². The van der Waals surface area contributed by atoms with Crippen molar-refractivity contribution in [3.63, 3.8) is 0 Å². The molecule has 0 bridgehead atoms. The van der Waals surface area contributed by atoms with Crippen molar-refractivity contribution in [3.05, 3.63) is 35.4 Å². The van der Waals surface area contributed by atoms with Crippen LogP contribution in [-0.4, -0.2) is 22.9 Å². The van der Waals surface area contributed by atoms with Gasteiger partial charge in [-0.2, -0.15) is 0 Å². The van der Waals surface area contributed by atoms with Gasteiger partial charge in [0.05, 0.1) is 6.10 Å². The number of benzene rings is 1. The Bertz CT molecular complexity index is 1090. The van der Waals surface area contributed by atoms with Crippen LogP contribution in [0.25, 0.3) is 0 Å². The second-order valence-electron chi connectivity index (χ2n) is 16.4. The maximum atomic E-state index is 12.5. The number of carbonyl (C=O) groups excluding carboxylic acids is 2. The Morgan fingerprint density at radius 1 is 0.929 bits per heavy atom. The lowest BCUT2D eigenvalue weighted by Gasteiger charge is -2.62. The molecule has 234 valence electrons. The summed E-state index contributed by atoms with van der Waals surface area (Å²) in [4.78, 5) is 24.9. The van der Waals surface area contributed by atoms with Gasteiger partial charge in [-0.05, 0) is 102 Å². The summed E-state index contributed by atoms with van der Waals surface area (Å²) < 4.78 is 0. The summed E-state index contributed by atoms with van der Waals surface area (Å²) in [6, 6.07) is 8.60. The Kier molecular flexibility index (Phi) is 9.63. The average Bonchev–Trinajstić information content (AvgIpc) is 3.25. The zero-order valence-corrected chi connectivity index (χ0v) is 27.4. The van der Waals surface area contributed by atoms with Gasteiger partial charge < -0.3 is 10.4 Å². The molecule has 0 saturated heterocycles. The number of aliphatic hydroxyl groups excluding tert-OH is 1. The SMILES string of the molecule is CC(C)(C)c1ccc(CNC(=O)CCCCCCCC2CC3CC(=O)CC[C@]3(C)[C@@H]3CC[C@]4(C)C(O)CC[C@H]4[C@H]23)cc1. The van der Waals surface area contributed by atoms with Crippen LogP contribution >= 0.6 is 0 Å². The Labute approximate surface area is 256 Å². The van der Waals surface area contributed by atoms with Crippen LogP contribution in [0.5, 0.6) is 0 Å². The molecule has 4 heteroatoms. The molecular weight excluding hydrogens is 518 g/mol. The smallest absolute Gasteiger partial charge is 0.220 e. The van der Waals surface area contributed by atoms with Crippen molar-refractivity contribution in [2.75, 3.05) is 0 Å². The first-order valence-corrected chi connectivity index (χ1v) is 17.5. The van der Waals surface area contributed by atoms with Crippen LogP contribution < -0.4 is 5.32 Å². The average molecular weight is 578 g/mol. The van der Waals surface area contributed by atoms with Crippen LogP contribution in [-0.2, 0) is 21.5 Å². The number of hydrogen-bond acceptors (Lipinski definition) is 3. The highest BCUT2D eigenvalue weighted by molar-refractivity contribution is 5.79. The van der Waals surface area contributed by atoms with Crippen molar-refractivity contribution >= 4 is 11.7 Å². The van der Waals surface area contributed by atoms with Gasteiger partial charge in [-0.1, -0.05) is 91.0 Å². The van der Waals surface area contributed by atoms with Gasteiger partial charge in [-0.3, -0.25) is 9.59 Å². The Balaban J connectivity index is 1.06. The fourth-order valence-electron chi connectivity index (χ4n) is 10.1. The molecule has 4 saturated carbocycles. The van der Waals surface area contributed by atoms with Gasteiger partial charge in [-0.15, -0.1) is 0 Å². The lowest BCUT2D eigenvalue weighted by molar-refractivity contribution is -0.156. The van der Waals surface area contributed by atoms with E-state index in [9.17, 15) is 14.7 Å². The molecule has 4 nitrogen and oxygen atoms in total. The van der Waals surface area contributed by atoms with E-state index in [1.807, 2.05) is 0 Å². The molecule has 1 amide bonds. The molecule has 3 unspecified atom stereocenters. The van der Waals surface area contributed by atoms with Crippen LogP contribution in [0.2, 0.25) is 0 Å². The number of amides is 1. The fraction of sp³-hybridized carbons (Fsp3) is 0.789. The predicted octanol–water partition coefficient (Wildman–Crippen LogP) is 8.53. The van der Waals surface area contributed by atoms with Crippen LogP contribution in [0.4, 0.5) is 0 Å². The quantitative estimate of drug-likeness (QED) is 0.274. The molecule has 4 aliphatic rings. The maximum absolute atomic E-state index is 12.5. The molecule has 5 rings (SSSR count). The molecule has 2 N–H and O–H groups in total. The van der Waals surface area contributed by atoms with Gasteiger partial charge in [0, 0.05) is 25.8 Å². The van der Waals surface area contributed by atoms with Crippen LogP contribution in [0.1, 0.15) is 142 Å².